The second-order valence-electron chi connectivity index (χ2n) is 4.37. The van der Waals surface area contributed by atoms with E-state index in [-0.39, 0.29) is 5.78 Å². The van der Waals surface area contributed by atoms with Crippen LogP contribution < -0.4 is 0 Å². The minimum Gasteiger partial charge on any atom is -0.294 e. The van der Waals surface area contributed by atoms with E-state index in [1.807, 2.05) is 18.2 Å². The number of hydrogen-bond donors (Lipinski definition) is 0. The number of benzene rings is 2. The SMILES string of the molecule is O=C(Cc1csc2ccccc12)c1cccc(Cl)c1. The lowest BCUT2D eigenvalue weighted by molar-refractivity contribution is 0.0993. The smallest absolute Gasteiger partial charge is 0.167 e. The normalized spacial score (nSPS) is 10.8. The van der Waals surface area contributed by atoms with E-state index in [1.165, 1.54) is 10.1 Å². The van der Waals surface area contributed by atoms with E-state index >= 15 is 0 Å². The van der Waals surface area contributed by atoms with E-state index < -0.39 is 0 Å². The molecule has 0 aliphatic heterocycles. The van der Waals surface area contributed by atoms with Gasteiger partial charge in [0, 0.05) is 21.7 Å². The summed E-state index contributed by atoms with van der Waals surface area (Å²) in [5, 5.41) is 3.83. The van der Waals surface area contributed by atoms with Gasteiger partial charge >= 0.3 is 0 Å². The molecule has 1 aromatic heterocycles. The highest BCUT2D eigenvalue weighted by Gasteiger charge is 2.11. The summed E-state index contributed by atoms with van der Waals surface area (Å²) >= 11 is 7.59. The maximum Gasteiger partial charge on any atom is 0.167 e. The quantitative estimate of drug-likeness (QED) is 0.621. The second kappa shape index (κ2) is 5.16. The molecule has 19 heavy (non-hydrogen) atoms. The Balaban J connectivity index is 1.91. The van der Waals surface area contributed by atoms with Crippen LogP contribution in [0.2, 0.25) is 5.02 Å². The van der Waals surface area contributed by atoms with Gasteiger partial charge in [-0.25, -0.2) is 0 Å². The van der Waals surface area contributed by atoms with Crippen LogP contribution in [0.3, 0.4) is 0 Å². The first-order valence-electron chi connectivity index (χ1n) is 5.98. The lowest BCUT2D eigenvalue weighted by Crippen LogP contribution is -2.02. The van der Waals surface area contributed by atoms with Crippen LogP contribution in [0, 0.1) is 0 Å². The number of thiophene rings is 1. The summed E-state index contributed by atoms with van der Waals surface area (Å²) < 4.78 is 1.22. The summed E-state index contributed by atoms with van der Waals surface area (Å²) in [5.74, 6) is 0.103. The van der Waals surface area contributed by atoms with E-state index in [2.05, 4.69) is 17.5 Å². The molecule has 3 heteroatoms. The third-order valence-corrected chi connectivity index (χ3v) is 4.31. The van der Waals surface area contributed by atoms with Crippen molar-refractivity contribution in [1.29, 1.82) is 0 Å². The molecule has 0 atom stereocenters. The molecule has 0 unspecified atom stereocenters. The molecule has 1 nitrogen and oxygen atoms in total. The molecular formula is C16H11ClOS. The molecule has 0 aliphatic rings. The van der Waals surface area contributed by atoms with Crippen molar-refractivity contribution in [3.63, 3.8) is 0 Å². The van der Waals surface area contributed by atoms with Crippen LogP contribution >= 0.6 is 22.9 Å². The van der Waals surface area contributed by atoms with Gasteiger partial charge < -0.3 is 0 Å². The van der Waals surface area contributed by atoms with Crippen LogP contribution in [0.4, 0.5) is 0 Å². The van der Waals surface area contributed by atoms with Gasteiger partial charge in [0.15, 0.2) is 5.78 Å². The second-order valence-corrected chi connectivity index (χ2v) is 5.72. The fourth-order valence-electron chi connectivity index (χ4n) is 2.11. The number of rotatable bonds is 3. The van der Waals surface area contributed by atoms with Crippen molar-refractivity contribution >= 4 is 38.8 Å². The minimum absolute atomic E-state index is 0.103. The fourth-order valence-corrected chi connectivity index (χ4v) is 3.26. The van der Waals surface area contributed by atoms with E-state index in [9.17, 15) is 4.79 Å². The number of carbonyl (C=O) groups is 1. The average molecular weight is 287 g/mol. The zero-order chi connectivity index (χ0) is 13.2. The number of hydrogen-bond acceptors (Lipinski definition) is 2. The number of ketones is 1. The molecule has 0 N–H and O–H groups in total. The highest BCUT2D eigenvalue weighted by Crippen LogP contribution is 2.26. The van der Waals surface area contributed by atoms with E-state index in [0.717, 1.165) is 5.56 Å². The predicted molar refractivity (Wildman–Crippen MR) is 81.3 cm³/mol. The van der Waals surface area contributed by atoms with Crippen LogP contribution in [-0.2, 0) is 6.42 Å². The molecule has 1 heterocycles. The first-order valence-corrected chi connectivity index (χ1v) is 7.24. The third kappa shape index (κ3) is 2.55. The topological polar surface area (TPSA) is 17.1 Å². The Morgan fingerprint density at radius 3 is 2.79 bits per heavy atom. The Morgan fingerprint density at radius 1 is 1.11 bits per heavy atom. The molecular weight excluding hydrogens is 276 g/mol. The van der Waals surface area contributed by atoms with Gasteiger partial charge in [0.1, 0.15) is 0 Å². The maximum absolute atomic E-state index is 12.3. The maximum atomic E-state index is 12.3. The number of Topliss-reactive ketones (excluding diaryl/α,β-unsaturated/α-hetero) is 1. The van der Waals surface area contributed by atoms with Crippen molar-refractivity contribution in [1.82, 2.24) is 0 Å². The van der Waals surface area contributed by atoms with Gasteiger partial charge in [-0.3, -0.25) is 4.79 Å². The minimum atomic E-state index is 0.103. The molecule has 0 bridgehead atoms. The van der Waals surface area contributed by atoms with Gasteiger partial charge in [-0.15, -0.1) is 11.3 Å². The Kier molecular flexibility index (Phi) is 3.36. The molecule has 0 saturated carbocycles. The molecule has 0 amide bonds. The van der Waals surface area contributed by atoms with Crippen LogP contribution in [0.1, 0.15) is 15.9 Å². The third-order valence-electron chi connectivity index (χ3n) is 3.06. The zero-order valence-electron chi connectivity index (χ0n) is 10.1. The predicted octanol–water partition coefficient (Wildman–Crippen LogP) is 4.98. The summed E-state index contributed by atoms with van der Waals surface area (Å²) in [5.41, 5.74) is 1.76. The fraction of sp³-hybridized carbons (Fsp3) is 0.0625. The van der Waals surface area contributed by atoms with Gasteiger partial charge in [0.2, 0.25) is 0 Å². The molecule has 0 radical (unpaired) electrons. The van der Waals surface area contributed by atoms with Crippen LogP contribution in [0.5, 0.6) is 0 Å². The number of fused-ring (bicyclic) bond motifs is 1. The largest absolute Gasteiger partial charge is 0.294 e. The highest BCUT2D eigenvalue weighted by atomic mass is 35.5. The van der Waals surface area contributed by atoms with Gasteiger partial charge in [-0.2, -0.15) is 0 Å². The average Bonchev–Trinajstić information content (AvgIpc) is 2.82. The summed E-state index contributed by atoms with van der Waals surface area (Å²) in [4.78, 5) is 12.3. The molecule has 94 valence electrons. The summed E-state index contributed by atoms with van der Waals surface area (Å²) in [7, 11) is 0. The lowest BCUT2D eigenvalue weighted by atomic mass is 10.0. The van der Waals surface area contributed by atoms with E-state index in [1.54, 1.807) is 29.5 Å². The Bertz CT molecular complexity index is 745. The van der Waals surface area contributed by atoms with Gasteiger partial charge in [0.25, 0.3) is 0 Å². The van der Waals surface area contributed by atoms with E-state index in [4.69, 9.17) is 11.6 Å². The lowest BCUT2D eigenvalue weighted by Gasteiger charge is -2.01. The van der Waals surface area contributed by atoms with Gasteiger partial charge in [-0.1, -0.05) is 41.9 Å². The Hall–Kier alpha value is -1.64. The van der Waals surface area contributed by atoms with Gasteiger partial charge in [-0.05, 0) is 34.5 Å². The first-order chi connectivity index (χ1) is 9.24. The summed E-state index contributed by atoms with van der Waals surface area (Å²) in [6.45, 7) is 0. The van der Waals surface area contributed by atoms with Crippen molar-refractivity contribution < 1.29 is 4.79 Å². The van der Waals surface area contributed by atoms with Crippen molar-refractivity contribution in [2.24, 2.45) is 0 Å². The van der Waals surface area contributed by atoms with Gasteiger partial charge in [0.05, 0.1) is 0 Å². The summed E-state index contributed by atoms with van der Waals surface area (Å²) in [6.07, 6.45) is 0.421. The standard InChI is InChI=1S/C16H11ClOS/c17-13-5-3-4-11(8-13)15(18)9-12-10-19-16-7-2-1-6-14(12)16/h1-8,10H,9H2. The van der Waals surface area contributed by atoms with Crippen molar-refractivity contribution in [2.75, 3.05) is 0 Å². The van der Waals surface area contributed by atoms with Crippen molar-refractivity contribution in [2.45, 2.75) is 6.42 Å². The molecule has 0 fully saturated rings. The van der Waals surface area contributed by atoms with E-state index in [0.29, 0.717) is 17.0 Å². The molecule has 0 aliphatic carbocycles. The summed E-state index contributed by atoms with van der Waals surface area (Å²) in [6, 6.07) is 15.3. The monoisotopic (exact) mass is 286 g/mol. The van der Waals surface area contributed by atoms with Crippen LogP contribution in [0.25, 0.3) is 10.1 Å². The van der Waals surface area contributed by atoms with Crippen LogP contribution in [0.15, 0.2) is 53.9 Å². The Labute approximate surface area is 120 Å². The Morgan fingerprint density at radius 2 is 1.95 bits per heavy atom. The molecule has 3 aromatic rings. The molecule has 0 spiro atoms. The number of carbonyl (C=O) groups excluding carboxylic acids is 1. The van der Waals surface area contributed by atoms with Crippen LogP contribution in [-0.4, -0.2) is 5.78 Å². The zero-order valence-corrected chi connectivity index (χ0v) is 11.7. The number of halogens is 1. The van der Waals surface area contributed by atoms with Crippen molar-refractivity contribution in [3.05, 3.63) is 70.1 Å². The molecule has 0 saturated heterocycles. The molecule has 2 aromatic carbocycles. The van der Waals surface area contributed by atoms with Crippen molar-refractivity contribution in [3.8, 4) is 0 Å². The highest BCUT2D eigenvalue weighted by molar-refractivity contribution is 7.17. The first kappa shape index (κ1) is 12.4. The molecule has 3 rings (SSSR count).